The van der Waals surface area contributed by atoms with Crippen LogP contribution >= 0.6 is 0 Å². The minimum atomic E-state index is -1.51. The van der Waals surface area contributed by atoms with Crippen molar-refractivity contribution in [2.45, 2.75) is 123 Å². The van der Waals surface area contributed by atoms with Crippen molar-refractivity contribution in [3.05, 3.63) is 12.2 Å². The van der Waals surface area contributed by atoms with Crippen LogP contribution in [0.15, 0.2) is 12.2 Å². The summed E-state index contributed by atoms with van der Waals surface area (Å²) in [5, 5.41) is 0. The number of halogens is 2. The standard InChI is InChI=1S/C31H52F2O2/c1-3-5-22(2)24-12-18-28(19-13-24)31-34-20-29(21-35-31)27-16-14-26(15-17-27)25-10-8-23(9-11-25)6-4-7-30(32)33/h7,22-29,31H,3-6,8-21H2,1-2H3. The van der Waals surface area contributed by atoms with Crippen LogP contribution in [0.5, 0.6) is 0 Å². The molecule has 1 saturated heterocycles. The first-order chi connectivity index (χ1) is 17.0. The quantitative estimate of drug-likeness (QED) is 0.318. The Hall–Kier alpha value is -0.480. The molecule has 1 atom stereocenters. The first kappa shape index (κ1) is 27.6. The molecule has 0 radical (unpaired) electrons. The number of hydrogen-bond donors (Lipinski definition) is 0. The lowest BCUT2D eigenvalue weighted by Gasteiger charge is -2.43. The summed E-state index contributed by atoms with van der Waals surface area (Å²) in [6.45, 7) is 6.57. The molecule has 0 N–H and O–H groups in total. The molecule has 4 rings (SSSR count). The minimum Gasteiger partial charge on any atom is -0.352 e. The Bertz CT molecular complexity index is 616. The third-order valence-corrected chi connectivity index (χ3v) is 10.6. The molecule has 0 spiro atoms. The Morgan fingerprint density at radius 1 is 0.743 bits per heavy atom. The van der Waals surface area contributed by atoms with E-state index < -0.39 is 6.08 Å². The molecule has 4 aliphatic rings. The summed E-state index contributed by atoms with van der Waals surface area (Å²) < 4.78 is 37.2. The SMILES string of the molecule is CCCC(C)C1CCC(C2OCC(C3CCC(C4CCC(CCC=C(F)F)CC4)CC3)CO2)CC1. The van der Waals surface area contributed by atoms with Crippen molar-refractivity contribution in [3.8, 4) is 0 Å². The van der Waals surface area contributed by atoms with Gasteiger partial charge in [-0.25, -0.2) is 0 Å². The average molecular weight is 495 g/mol. The molecule has 2 nitrogen and oxygen atoms in total. The molecule has 202 valence electrons. The van der Waals surface area contributed by atoms with E-state index in [1.54, 1.807) is 0 Å². The van der Waals surface area contributed by atoms with Gasteiger partial charge in [-0.2, -0.15) is 8.78 Å². The molecule has 0 bridgehead atoms. The molecule has 4 fully saturated rings. The second kappa shape index (κ2) is 13.9. The zero-order chi connectivity index (χ0) is 24.6. The monoisotopic (exact) mass is 494 g/mol. The fourth-order valence-electron chi connectivity index (χ4n) is 8.22. The zero-order valence-electron chi connectivity index (χ0n) is 22.6. The van der Waals surface area contributed by atoms with Crippen LogP contribution in [-0.4, -0.2) is 19.5 Å². The Balaban J connectivity index is 1.10. The molecule has 0 aromatic heterocycles. The van der Waals surface area contributed by atoms with E-state index in [0.717, 1.165) is 55.3 Å². The third-order valence-electron chi connectivity index (χ3n) is 10.6. The van der Waals surface area contributed by atoms with Crippen LogP contribution in [0.25, 0.3) is 0 Å². The van der Waals surface area contributed by atoms with Gasteiger partial charge in [0, 0.05) is 11.8 Å². The van der Waals surface area contributed by atoms with Crippen molar-refractivity contribution in [1.29, 1.82) is 0 Å². The van der Waals surface area contributed by atoms with Gasteiger partial charge in [-0.05, 0) is 119 Å². The number of hydrogen-bond acceptors (Lipinski definition) is 2. The van der Waals surface area contributed by atoms with Crippen molar-refractivity contribution in [1.82, 2.24) is 0 Å². The van der Waals surface area contributed by atoms with E-state index in [1.807, 2.05) is 0 Å². The highest BCUT2D eigenvalue weighted by Gasteiger charge is 2.38. The summed E-state index contributed by atoms with van der Waals surface area (Å²) in [6.07, 6.45) is 19.7. The van der Waals surface area contributed by atoms with Crippen LogP contribution in [0.4, 0.5) is 8.78 Å². The van der Waals surface area contributed by atoms with Crippen LogP contribution in [0, 0.1) is 47.3 Å². The highest BCUT2D eigenvalue weighted by atomic mass is 19.3. The Morgan fingerprint density at radius 2 is 1.26 bits per heavy atom. The fourth-order valence-corrected chi connectivity index (χ4v) is 8.22. The first-order valence-corrected chi connectivity index (χ1v) is 15.3. The summed E-state index contributed by atoms with van der Waals surface area (Å²) in [7, 11) is 0. The summed E-state index contributed by atoms with van der Waals surface area (Å²) in [5.41, 5.74) is 0. The topological polar surface area (TPSA) is 18.5 Å². The van der Waals surface area contributed by atoms with E-state index in [4.69, 9.17) is 9.47 Å². The number of rotatable bonds is 9. The van der Waals surface area contributed by atoms with Gasteiger partial charge in [-0.1, -0.05) is 39.5 Å². The maximum absolute atomic E-state index is 12.3. The summed E-state index contributed by atoms with van der Waals surface area (Å²) in [4.78, 5) is 0. The van der Waals surface area contributed by atoms with E-state index in [1.165, 1.54) is 89.9 Å². The van der Waals surface area contributed by atoms with Gasteiger partial charge in [-0.3, -0.25) is 0 Å². The molecule has 4 heteroatoms. The molecule has 1 unspecified atom stereocenters. The molecule has 0 aromatic carbocycles. The minimum absolute atomic E-state index is 0.0529. The molecule has 3 aliphatic carbocycles. The van der Waals surface area contributed by atoms with E-state index in [9.17, 15) is 8.78 Å². The van der Waals surface area contributed by atoms with E-state index in [-0.39, 0.29) is 6.29 Å². The van der Waals surface area contributed by atoms with Gasteiger partial charge in [0.05, 0.1) is 13.2 Å². The zero-order valence-corrected chi connectivity index (χ0v) is 22.6. The third kappa shape index (κ3) is 8.00. The van der Waals surface area contributed by atoms with Gasteiger partial charge in [0.2, 0.25) is 0 Å². The summed E-state index contributed by atoms with van der Waals surface area (Å²) in [5.74, 6) is 6.19. The smallest absolute Gasteiger partial charge is 0.266 e. The first-order valence-electron chi connectivity index (χ1n) is 15.3. The van der Waals surface area contributed by atoms with Crippen LogP contribution in [-0.2, 0) is 9.47 Å². The van der Waals surface area contributed by atoms with Gasteiger partial charge in [0.15, 0.2) is 6.29 Å². The average Bonchev–Trinajstić information content (AvgIpc) is 2.89. The van der Waals surface area contributed by atoms with Gasteiger partial charge >= 0.3 is 0 Å². The predicted molar refractivity (Wildman–Crippen MR) is 139 cm³/mol. The van der Waals surface area contributed by atoms with Crippen molar-refractivity contribution in [2.75, 3.05) is 13.2 Å². The molecule has 1 heterocycles. The van der Waals surface area contributed by atoms with Gasteiger partial charge in [0.1, 0.15) is 0 Å². The van der Waals surface area contributed by atoms with E-state index >= 15 is 0 Å². The highest BCUT2D eigenvalue weighted by Crippen LogP contribution is 2.45. The van der Waals surface area contributed by atoms with Crippen molar-refractivity contribution in [2.24, 2.45) is 47.3 Å². The van der Waals surface area contributed by atoms with Crippen LogP contribution in [0.1, 0.15) is 117 Å². The molecule has 0 aromatic rings. The maximum atomic E-state index is 12.3. The van der Waals surface area contributed by atoms with Crippen molar-refractivity contribution >= 4 is 0 Å². The maximum Gasteiger partial charge on any atom is 0.266 e. The van der Waals surface area contributed by atoms with Crippen LogP contribution in [0.3, 0.4) is 0 Å². The molecule has 1 aliphatic heterocycles. The second-order valence-electron chi connectivity index (χ2n) is 12.8. The molecule has 35 heavy (non-hydrogen) atoms. The number of allylic oxidation sites excluding steroid dienone is 1. The molecular weight excluding hydrogens is 442 g/mol. The second-order valence-corrected chi connectivity index (χ2v) is 12.8. The van der Waals surface area contributed by atoms with E-state index in [2.05, 4.69) is 13.8 Å². The lowest BCUT2D eigenvalue weighted by Crippen LogP contribution is -2.42. The molecule has 0 amide bonds. The largest absolute Gasteiger partial charge is 0.352 e. The van der Waals surface area contributed by atoms with Crippen molar-refractivity contribution in [3.63, 3.8) is 0 Å². The molecule has 3 saturated carbocycles. The summed E-state index contributed by atoms with van der Waals surface area (Å²) >= 11 is 0. The van der Waals surface area contributed by atoms with Crippen molar-refractivity contribution < 1.29 is 18.3 Å². The van der Waals surface area contributed by atoms with Crippen LogP contribution < -0.4 is 0 Å². The Labute approximate surface area is 214 Å². The molecular formula is C31H52F2O2. The Kier molecular flexibility index (Phi) is 10.9. The van der Waals surface area contributed by atoms with Gasteiger partial charge < -0.3 is 9.47 Å². The fraction of sp³-hybridized carbons (Fsp3) is 0.935. The highest BCUT2D eigenvalue weighted by molar-refractivity contribution is 4.87. The van der Waals surface area contributed by atoms with E-state index in [0.29, 0.717) is 24.2 Å². The van der Waals surface area contributed by atoms with Gasteiger partial charge in [0.25, 0.3) is 6.08 Å². The lowest BCUT2D eigenvalue weighted by atomic mass is 9.67. The Morgan fingerprint density at radius 3 is 1.80 bits per heavy atom. The normalized spacial score (nSPS) is 39.7. The number of ether oxygens (including phenoxy) is 2. The lowest BCUT2D eigenvalue weighted by molar-refractivity contribution is -0.237. The predicted octanol–water partition coefficient (Wildman–Crippen LogP) is 9.39. The van der Waals surface area contributed by atoms with Gasteiger partial charge in [-0.15, -0.1) is 0 Å². The van der Waals surface area contributed by atoms with Crippen LogP contribution in [0.2, 0.25) is 0 Å². The summed E-state index contributed by atoms with van der Waals surface area (Å²) in [6, 6.07) is 0.